The number of nitrogens with one attached hydrogen (secondary N) is 2. The number of nitrogens with zero attached hydrogens (tertiary/aromatic N) is 3. The smallest absolute Gasteiger partial charge is 0.422 e. The number of alkyl halides is 3. The first-order chi connectivity index (χ1) is 14.9. The maximum absolute atomic E-state index is 12.2. The third-order valence-electron chi connectivity index (χ3n) is 5.03. The lowest BCUT2D eigenvalue weighted by Crippen LogP contribution is -2.44. The summed E-state index contributed by atoms with van der Waals surface area (Å²) in [4.78, 5) is 10.6. The van der Waals surface area contributed by atoms with E-state index >= 15 is 0 Å². The zero-order valence-corrected chi connectivity index (χ0v) is 20.2. The van der Waals surface area contributed by atoms with Crippen LogP contribution in [0.1, 0.15) is 36.6 Å². The number of pyridine rings is 1. The van der Waals surface area contributed by atoms with Gasteiger partial charge in [-0.15, -0.1) is 24.0 Å². The van der Waals surface area contributed by atoms with E-state index in [1.54, 1.807) is 19.4 Å². The van der Waals surface area contributed by atoms with Gasteiger partial charge < -0.3 is 19.8 Å². The number of aromatic nitrogens is 1. The van der Waals surface area contributed by atoms with E-state index in [-0.39, 0.29) is 35.9 Å². The number of aliphatic imine (C=N–C) groups is 1. The monoisotopic (exact) mass is 567 g/mol. The van der Waals surface area contributed by atoms with Crippen LogP contribution in [0.4, 0.5) is 13.2 Å². The molecule has 0 saturated carbocycles. The first kappa shape index (κ1) is 26.2. The lowest BCUT2D eigenvalue weighted by Gasteiger charge is -2.33. The molecule has 3 rings (SSSR count). The van der Waals surface area contributed by atoms with Crippen molar-refractivity contribution in [2.45, 2.75) is 38.0 Å². The molecule has 1 aliphatic heterocycles. The molecule has 7 nitrogen and oxygen atoms in total. The number of halogens is 4. The number of furan rings is 1. The normalized spacial score (nSPS) is 16.2. The largest absolute Gasteiger partial charge is 0.468 e. The Labute approximate surface area is 202 Å². The van der Waals surface area contributed by atoms with Crippen LogP contribution in [0.3, 0.4) is 0 Å². The maximum atomic E-state index is 12.2. The number of likely N-dealkylation sites (tertiary alicyclic amines) is 1. The summed E-state index contributed by atoms with van der Waals surface area (Å²) in [7, 11) is 1.68. The molecule has 1 fully saturated rings. The molecule has 0 aliphatic carbocycles. The Morgan fingerprint density at radius 1 is 1.22 bits per heavy atom. The van der Waals surface area contributed by atoms with Gasteiger partial charge in [-0.25, -0.2) is 4.98 Å². The molecule has 0 aromatic carbocycles. The van der Waals surface area contributed by atoms with Crippen LogP contribution in [-0.4, -0.2) is 55.3 Å². The van der Waals surface area contributed by atoms with E-state index in [1.165, 1.54) is 31.5 Å². The highest BCUT2D eigenvalue weighted by atomic mass is 127. The van der Waals surface area contributed by atoms with Gasteiger partial charge in [-0.2, -0.15) is 13.2 Å². The summed E-state index contributed by atoms with van der Waals surface area (Å²) in [6.45, 7) is 1.76. The second-order valence-corrected chi connectivity index (χ2v) is 7.34. The van der Waals surface area contributed by atoms with E-state index in [4.69, 9.17) is 4.42 Å². The lowest BCUT2D eigenvalue weighted by atomic mass is 10.1. The SMILES string of the molecule is CN=C(NCc1ccc(OCC(F)(F)F)nc1)NCC(c1ccco1)N1CCCCC1.I. The van der Waals surface area contributed by atoms with Gasteiger partial charge in [-0.05, 0) is 43.6 Å². The summed E-state index contributed by atoms with van der Waals surface area (Å²) >= 11 is 0. The van der Waals surface area contributed by atoms with Gasteiger partial charge in [0.25, 0.3) is 0 Å². The van der Waals surface area contributed by atoms with E-state index in [9.17, 15) is 13.2 Å². The van der Waals surface area contributed by atoms with Gasteiger partial charge in [-0.3, -0.25) is 9.89 Å². The fraction of sp³-hybridized carbons (Fsp3) is 0.524. The summed E-state index contributed by atoms with van der Waals surface area (Å²) in [5.74, 6) is 1.47. The van der Waals surface area contributed by atoms with E-state index in [1.807, 2.05) is 12.1 Å². The van der Waals surface area contributed by atoms with E-state index in [2.05, 4.69) is 30.2 Å². The number of rotatable bonds is 8. The van der Waals surface area contributed by atoms with Crippen molar-refractivity contribution in [3.8, 4) is 5.88 Å². The summed E-state index contributed by atoms with van der Waals surface area (Å²) in [6, 6.07) is 7.08. The zero-order valence-electron chi connectivity index (χ0n) is 17.9. The zero-order chi connectivity index (χ0) is 22.1. The Hall–Kier alpha value is -2.02. The Morgan fingerprint density at radius 2 is 2.00 bits per heavy atom. The third kappa shape index (κ3) is 8.49. The van der Waals surface area contributed by atoms with Gasteiger partial charge in [0.2, 0.25) is 5.88 Å². The van der Waals surface area contributed by atoms with Crippen LogP contribution in [-0.2, 0) is 6.54 Å². The Bertz CT molecular complexity index is 810. The summed E-state index contributed by atoms with van der Waals surface area (Å²) in [5.41, 5.74) is 0.793. The van der Waals surface area contributed by atoms with Crippen molar-refractivity contribution in [1.29, 1.82) is 0 Å². The first-order valence-electron chi connectivity index (χ1n) is 10.3. The highest BCUT2D eigenvalue weighted by Gasteiger charge is 2.28. The van der Waals surface area contributed by atoms with Crippen LogP contribution in [0.25, 0.3) is 0 Å². The summed E-state index contributed by atoms with van der Waals surface area (Å²) in [5, 5.41) is 6.53. The molecule has 2 aromatic rings. The standard InChI is InChI=1S/C21H28F3N5O2.HI/c1-25-20(27-13-16-7-8-19(26-12-16)31-15-21(22,23)24)28-14-17(18-6-5-11-30-18)29-9-3-2-4-10-29;/h5-8,11-12,17H,2-4,9-10,13-15H2,1H3,(H2,25,27,28);1H. The van der Waals surface area contributed by atoms with Crippen molar-refractivity contribution >= 4 is 29.9 Å². The first-order valence-corrected chi connectivity index (χ1v) is 10.3. The van der Waals surface area contributed by atoms with Gasteiger partial charge in [0.15, 0.2) is 12.6 Å². The van der Waals surface area contributed by atoms with E-state index < -0.39 is 12.8 Å². The van der Waals surface area contributed by atoms with Crippen LogP contribution >= 0.6 is 24.0 Å². The average Bonchev–Trinajstić information content (AvgIpc) is 3.30. The van der Waals surface area contributed by atoms with Crippen LogP contribution in [0.5, 0.6) is 5.88 Å². The number of ether oxygens (including phenoxy) is 1. The summed E-state index contributed by atoms with van der Waals surface area (Å²) in [6.07, 6.45) is 2.40. The Balaban J connectivity index is 0.00000363. The Kier molecular flexibility index (Phi) is 10.6. The molecule has 0 spiro atoms. The number of piperidine rings is 1. The number of hydrogen-bond acceptors (Lipinski definition) is 5. The number of hydrogen-bond donors (Lipinski definition) is 2. The average molecular weight is 567 g/mol. The van der Waals surface area contributed by atoms with Crippen molar-refractivity contribution in [3.63, 3.8) is 0 Å². The molecule has 0 radical (unpaired) electrons. The van der Waals surface area contributed by atoms with Crippen LogP contribution in [0.15, 0.2) is 46.1 Å². The van der Waals surface area contributed by atoms with E-state index in [0.29, 0.717) is 19.0 Å². The van der Waals surface area contributed by atoms with Crippen molar-refractivity contribution in [2.75, 3.05) is 33.3 Å². The molecule has 1 saturated heterocycles. The minimum atomic E-state index is -4.39. The molecule has 1 aliphatic rings. The molecular weight excluding hydrogens is 538 g/mol. The topological polar surface area (TPSA) is 74.9 Å². The molecule has 3 heterocycles. The fourth-order valence-corrected chi connectivity index (χ4v) is 3.48. The van der Waals surface area contributed by atoms with Gasteiger partial charge >= 0.3 is 6.18 Å². The van der Waals surface area contributed by atoms with Crippen LogP contribution in [0.2, 0.25) is 0 Å². The van der Waals surface area contributed by atoms with Gasteiger partial charge in [0, 0.05) is 32.4 Å². The summed E-state index contributed by atoms with van der Waals surface area (Å²) < 4.78 is 46.9. The molecule has 11 heteroatoms. The molecule has 2 aromatic heterocycles. The minimum absolute atomic E-state index is 0. The number of guanidine groups is 1. The highest BCUT2D eigenvalue weighted by Crippen LogP contribution is 2.24. The lowest BCUT2D eigenvalue weighted by molar-refractivity contribution is -0.154. The second kappa shape index (κ2) is 12.9. The Morgan fingerprint density at radius 3 is 2.59 bits per heavy atom. The molecule has 0 bridgehead atoms. The van der Waals surface area contributed by atoms with Crippen molar-refractivity contribution < 1.29 is 22.3 Å². The maximum Gasteiger partial charge on any atom is 0.422 e. The molecule has 1 unspecified atom stereocenters. The van der Waals surface area contributed by atoms with Crippen molar-refractivity contribution in [3.05, 3.63) is 48.0 Å². The van der Waals surface area contributed by atoms with Crippen LogP contribution < -0.4 is 15.4 Å². The molecule has 178 valence electrons. The molecule has 32 heavy (non-hydrogen) atoms. The van der Waals surface area contributed by atoms with Crippen molar-refractivity contribution in [2.24, 2.45) is 4.99 Å². The van der Waals surface area contributed by atoms with Gasteiger partial charge in [0.05, 0.1) is 12.3 Å². The molecule has 0 amide bonds. The minimum Gasteiger partial charge on any atom is -0.468 e. The van der Waals surface area contributed by atoms with Crippen molar-refractivity contribution in [1.82, 2.24) is 20.5 Å². The fourth-order valence-electron chi connectivity index (χ4n) is 3.48. The predicted octanol–water partition coefficient (Wildman–Crippen LogP) is 4.13. The molecule has 1 atom stereocenters. The van der Waals surface area contributed by atoms with Gasteiger partial charge in [-0.1, -0.05) is 12.5 Å². The van der Waals surface area contributed by atoms with E-state index in [0.717, 1.165) is 24.4 Å². The highest BCUT2D eigenvalue weighted by molar-refractivity contribution is 14.0. The molecular formula is C21H29F3IN5O2. The quantitative estimate of drug-likeness (QED) is 0.284. The predicted molar refractivity (Wildman–Crippen MR) is 126 cm³/mol. The third-order valence-corrected chi connectivity index (χ3v) is 5.03. The molecule has 2 N–H and O–H groups in total. The van der Waals surface area contributed by atoms with Crippen LogP contribution in [0, 0.1) is 0 Å². The second-order valence-electron chi connectivity index (χ2n) is 7.34. The van der Waals surface area contributed by atoms with Gasteiger partial charge in [0.1, 0.15) is 5.76 Å².